The van der Waals surface area contributed by atoms with Gasteiger partial charge in [-0.2, -0.15) is 0 Å². The van der Waals surface area contributed by atoms with E-state index in [1.54, 1.807) is 24.3 Å². The Kier molecular flexibility index (Phi) is 11.4. The first-order valence-corrected chi connectivity index (χ1v) is 11.1. The topological polar surface area (TPSA) is 145 Å². The highest BCUT2D eigenvalue weighted by atomic mass is 16.3. The lowest BCUT2D eigenvalue weighted by molar-refractivity contribution is 0.135. The molecule has 0 saturated heterocycles. The summed E-state index contributed by atoms with van der Waals surface area (Å²) in [4.78, 5) is 0. The van der Waals surface area contributed by atoms with E-state index in [1.807, 2.05) is 0 Å². The molecular weight excluding hydrogens is 412 g/mol. The van der Waals surface area contributed by atoms with E-state index in [0.717, 1.165) is 36.8 Å². The molecule has 0 saturated carbocycles. The van der Waals surface area contributed by atoms with Crippen molar-refractivity contribution in [2.45, 2.75) is 64.2 Å². The molecule has 1 unspecified atom stereocenters. The van der Waals surface area contributed by atoms with E-state index in [-0.39, 0.29) is 24.7 Å². The summed E-state index contributed by atoms with van der Waals surface area (Å²) in [7, 11) is 0. The molecule has 2 aromatic carbocycles. The quantitative estimate of drug-likeness (QED) is 0.150. The zero-order valence-corrected chi connectivity index (χ0v) is 18.4. The Morgan fingerprint density at radius 1 is 0.625 bits per heavy atom. The average Bonchev–Trinajstić information content (AvgIpc) is 2.78. The van der Waals surface area contributed by atoms with E-state index >= 15 is 0 Å². The predicted molar refractivity (Wildman–Crippen MR) is 122 cm³/mol. The third kappa shape index (κ3) is 9.12. The lowest BCUT2D eigenvalue weighted by atomic mass is 10.1. The van der Waals surface area contributed by atoms with Crippen molar-refractivity contribution in [2.24, 2.45) is 0 Å². The molecule has 0 heterocycles. The summed E-state index contributed by atoms with van der Waals surface area (Å²) in [6.07, 6.45) is 3.28. The maximum Gasteiger partial charge on any atom is 0.121 e. The van der Waals surface area contributed by atoms with Gasteiger partial charge < -0.3 is 30.6 Å². The predicted octanol–water partition coefficient (Wildman–Crippen LogP) is 1.24. The van der Waals surface area contributed by atoms with Gasteiger partial charge in [-0.25, -0.2) is 0 Å². The minimum Gasteiger partial charge on any atom is -0.508 e. The lowest BCUT2D eigenvalue weighted by Gasteiger charge is -2.15. The van der Waals surface area contributed by atoms with Crippen LogP contribution in [0.4, 0.5) is 0 Å². The molecule has 2 aromatic rings. The molecule has 0 aliphatic heterocycles. The second-order valence-corrected chi connectivity index (χ2v) is 8.00. The highest BCUT2D eigenvalue weighted by molar-refractivity contribution is 5.36. The van der Waals surface area contributed by atoms with Crippen molar-refractivity contribution in [2.75, 3.05) is 13.1 Å². The van der Waals surface area contributed by atoms with Crippen molar-refractivity contribution in [1.82, 2.24) is 10.6 Å². The molecule has 8 nitrogen and oxygen atoms in total. The van der Waals surface area contributed by atoms with E-state index in [9.17, 15) is 30.6 Å². The minimum atomic E-state index is -0.686. The Balaban J connectivity index is 1.52. The maximum absolute atomic E-state index is 10.1. The zero-order valence-electron chi connectivity index (χ0n) is 18.4. The largest absolute Gasteiger partial charge is 0.508 e. The average molecular weight is 449 g/mol. The summed E-state index contributed by atoms with van der Waals surface area (Å²) in [6, 6.07) is 9.89. The van der Waals surface area contributed by atoms with E-state index in [0.29, 0.717) is 37.1 Å². The van der Waals surface area contributed by atoms with Crippen molar-refractivity contribution < 1.29 is 30.6 Å². The van der Waals surface area contributed by atoms with Gasteiger partial charge in [0.2, 0.25) is 0 Å². The van der Waals surface area contributed by atoms with Crippen LogP contribution in [0.25, 0.3) is 0 Å². The first-order chi connectivity index (χ1) is 15.4. The molecule has 0 radical (unpaired) electrons. The molecule has 0 aromatic heterocycles. The number of aromatic hydroxyl groups is 2. The molecule has 2 atom stereocenters. The van der Waals surface area contributed by atoms with Gasteiger partial charge in [0.15, 0.2) is 0 Å². The molecule has 8 heteroatoms. The van der Waals surface area contributed by atoms with E-state index in [2.05, 4.69) is 10.6 Å². The smallest absolute Gasteiger partial charge is 0.121 e. The first kappa shape index (κ1) is 26.1. The van der Waals surface area contributed by atoms with Crippen LogP contribution in [-0.4, -0.2) is 56.2 Å². The molecular formula is C24H36N2O6. The van der Waals surface area contributed by atoms with Gasteiger partial charge in [0, 0.05) is 24.0 Å². The molecule has 2 rings (SSSR count). The number of hydrogen-bond acceptors (Lipinski definition) is 8. The molecule has 0 bridgehead atoms. The summed E-state index contributed by atoms with van der Waals surface area (Å²) in [6.45, 7) is 0.902. The third-order valence-electron chi connectivity index (χ3n) is 5.35. The fraction of sp³-hybridized carbons (Fsp3) is 0.500. The Morgan fingerprint density at radius 3 is 1.41 bits per heavy atom. The zero-order chi connectivity index (χ0) is 23.3. The van der Waals surface area contributed by atoms with Crippen molar-refractivity contribution in [3.63, 3.8) is 0 Å². The number of aliphatic hydroxyl groups is 4. The first-order valence-electron chi connectivity index (χ1n) is 11.1. The Morgan fingerprint density at radius 2 is 1.03 bits per heavy atom. The fourth-order valence-electron chi connectivity index (χ4n) is 3.52. The van der Waals surface area contributed by atoms with Gasteiger partial charge in [-0.15, -0.1) is 0 Å². The Bertz CT molecular complexity index is 750. The van der Waals surface area contributed by atoms with Gasteiger partial charge in [0.05, 0.1) is 13.2 Å². The van der Waals surface area contributed by atoms with Gasteiger partial charge in [-0.3, -0.25) is 10.6 Å². The molecule has 0 aliphatic rings. The van der Waals surface area contributed by atoms with Crippen LogP contribution in [0.3, 0.4) is 0 Å². The van der Waals surface area contributed by atoms with Crippen LogP contribution in [0.1, 0.15) is 47.9 Å². The normalized spacial score (nSPS) is 13.2. The van der Waals surface area contributed by atoms with Gasteiger partial charge in [0.25, 0.3) is 0 Å². The van der Waals surface area contributed by atoms with E-state index in [1.165, 1.54) is 12.1 Å². The Labute approximate surface area is 189 Å². The number of unbranched alkanes of at least 4 members (excludes halogenated alkanes) is 3. The van der Waals surface area contributed by atoms with Crippen LogP contribution in [0.2, 0.25) is 0 Å². The van der Waals surface area contributed by atoms with Crippen LogP contribution in [-0.2, 0) is 26.1 Å². The second kappa shape index (κ2) is 14.1. The molecule has 8 N–H and O–H groups in total. The van der Waals surface area contributed by atoms with Crippen molar-refractivity contribution in [1.29, 1.82) is 0 Å². The van der Waals surface area contributed by atoms with Crippen molar-refractivity contribution >= 4 is 0 Å². The summed E-state index contributed by atoms with van der Waals surface area (Å²) < 4.78 is 0. The molecule has 0 fully saturated rings. The van der Waals surface area contributed by atoms with Crippen LogP contribution in [0, 0.1) is 0 Å². The van der Waals surface area contributed by atoms with Crippen LogP contribution in [0.15, 0.2) is 36.4 Å². The molecule has 32 heavy (non-hydrogen) atoms. The van der Waals surface area contributed by atoms with Crippen molar-refractivity contribution in [3.8, 4) is 11.5 Å². The monoisotopic (exact) mass is 448 g/mol. The summed E-state index contributed by atoms with van der Waals surface area (Å²) in [5.41, 5.74) is 2.59. The van der Waals surface area contributed by atoms with E-state index < -0.39 is 12.5 Å². The van der Waals surface area contributed by atoms with Gasteiger partial charge in [-0.05, 0) is 61.3 Å². The summed E-state index contributed by atoms with van der Waals surface area (Å²) >= 11 is 0. The highest BCUT2D eigenvalue weighted by Crippen LogP contribution is 2.20. The number of aliphatic hydroxyl groups excluding tert-OH is 4. The second-order valence-electron chi connectivity index (χ2n) is 8.00. The lowest BCUT2D eigenvalue weighted by Crippen LogP contribution is -2.32. The summed E-state index contributed by atoms with van der Waals surface area (Å²) in [5.74, 6) is 0.105. The number of hydrogen-bond donors (Lipinski definition) is 8. The van der Waals surface area contributed by atoms with Crippen LogP contribution >= 0.6 is 0 Å². The van der Waals surface area contributed by atoms with Crippen LogP contribution < -0.4 is 10.6 Å². The highest BCUT2D eigenvalue weighted by Gasteiger charge is 2.09. The fourth-order valence-corrected chi connectivity index (χ4v) is 3.52. The van der Waals surface area contributed by atoms with Gasteiger partial charge in [0.1, 0.15) is 24.0 Å². The summed E-state index contributed by atoms with van der Waals surface area (Å²) in [5, 5.41) is 63.9. The molecule has 0 amide bonds. The SMILES string of the molecule is OCc1cc(CC(O)NCCCCCCN[C@H](O)Cc2ccc(O)c(CO)c2)ccc1O. The van der Waals surface area contributed by atoms with E-state index in [4.69, 9.17) is 0 Å². The molecule has 0 spiro atoms. The number of rotatable bonds is 15. The maximum atomic E-state index is 10.1. The minimum absolute atomic E-state index is 0.0527. The van der Waals surface area contributed by atoms with Crippen LogP contribution in [0.5, 0.6) is 11.5 Å². The van der Waals surface area contributed by atoms with Crippen molar-refractivity contribution in [3.05, 3.63) is 58.7 Å². The third-order valence-corrected chi connectivity index (χ3v) is 5.35. The number of phenols is 2. The number of benzene rings is 2. The van der Waals surface area contributed by atoms with Gasteiger partial charge >= 0.3 is 0 Å². The Hall–Kier alpha value is -2.20. The molecule has 178 valence electrons. The number of nitrogens with one attached hydrogen (secondary N) is 2. The molecule has 0 aliphatic carbocycles. The van der Waals surface area contributed by atoms with Gasteiger partial charge in [-0.1, -0.05) is 25.0 Å². The standard InChI is InChI=1S/C24H36N2O6/c27-15-19-11-17(5-7-21(19)29)13-23(31)25-9-3-1-2-4-10-26-24(32)14-18-6-8-22(30)20(12-18)16-28/h5-8,11-12,23-32H,1-4,9-10,13-16H2/t23-,24?/m1/s1.